The molecule has 5 aromatic rings. The maximum atomic E-state index is 13.4. The highest BCUT2D eigenvalue weighted by Crippen LogP contribution is 2.36. The van der Waals surface area contributed by atoms with Crippen LogP contribution in [0, 0.1) is 13.8 Å². The molecule has 0 aliphatic carbocycles. The van der Waals surface area contributed by atoms with Gasteiger partial charge in [0.05, 0.1) is 11.3 Å². The molecule has 1 aliphatic rings. The van der Waals surface area contributed by atoms with Crippen LogP contribution in [0.25, 0.3) is 23.1 Å². The fraction of sp³-hybridized carbons (Fsp3) is 0.265. The summed E-state index contributed by atoms with van der Waals surface area (Å²) in [5.74, 6) is 1.51. The molecule has 0 radical (unpaired) electrons. The summed E-state index contributed by atoms with van der Waals surface area (Å²) in [7, 11) is 0. The summed E-state index contributed by atoms with van der Waals surface area (Å²) in [5, 5.41) is 12.9. The Morgan fingerprint density at radius 1 is 0.864 bits per heavy atom. The first-order valence-electron chi connectivity index (χ1n) is 14.6. The lowest BCUT2D eigenvalue weighted by Gasteiger charge is -2.37. The Kier molecular flexibility index (Phi) is 8.45. The summed E-state index contributed by atoms with van der Waals surface area (Å²) in [6.45, 7) is 7.95. The van der Waals surface area contributed by atoms with Gasteiger partial charge in [-0.1, -0.05) is 72.8 Å². The van der Waals surface area contributed by atoms with E-state index in [4.69, 9.17) is 4.42 Å². The van der Waals surface area contributed by atoms with Crippen LogP contribution in [0.4, 0.5) is 13.2 Å². The summed E-state index contributed by atoms with van der Waals surface area (Å²) in [4.78, 5) is 4.67. The number of alkyl halides is 3. The van der Waals surface area contributed by atoms with Crippen LogP contribution < -0.4 is 0 Å². The zero-order valence-electron chi connectivity index (χ0n) is 24.6. The SMILES string of the molecule is Cc1cccc(C)c1-n1nnnc1[C@@H](c1ccc(-c2cccc(C(F)(F)F)c2)o1)N1CCN(CC=Cc2ccccc2)CC1. The number of furan rings is 1. The summed E-state index contributed by atoms with van der Waals surface area (Å²) < 4.78 is 48.4. The predicted octanol–water partition coefficient (Wildman–Crippen LogP) is 6.98. The second-order valence-electron chi connectivity index (χ2n) is 11.0. The van der Waals surface area contributed by atoms with Crippen LogP contribution in [-0.2, 0) is 6.18 Å². The Balaban J connectivity index is 1.30. The molecule has 2 aromatic heterocycles. The number of aromatic nitrogens is 4. The largest absolute Gasteiger partial charge is 0.459 e. The number of para-hydroxylation sites is 1. The average Bonchev–Trinajstić information content (AvgIpc) is 3.69. The van der Waals surface area contributed by atoms with Crippen LogP contribution in [0.15, 0.2) is 95.4 Å². The molecular weight excluding hydrogens is 565 g/mol. The molecule has 0 saturated carbocycles. The van der Waals surface area contributed by atoms with Gasteiger partial charge in [-0.15, -0.1) is 5.10 Å². The lowest BCUT2D eigenvalue weighted by atomic mass is 10.1. The minimum Gasteiger partial charge on any atom is -0.459 e. The fourth-order valence-electron chi connectivity index (χ4n) is 5.74. The van der Waals surface area contributed by atoms with E-state index < -0.39 is 17.8 Å². The van der Waals surface area contributed by atoms with E-state index in [0.717, 1.165) is 61.7 Å². The van der Waals surface area contributed by atoms with Crippen molar-refractivity contribution in [2.24, 2.45) is 0 Å². The van der Waals surface area contributed by atoms with Crippen molar-refractivity contribution in [1.82, 2.24) is 30.0 Å². The Labute approximate surface area is 254 Å². The molecule has 0 spiro atoms. The summed E-state index contributed by atoms with van der Waals surface area (Å²) in [5.41, 5.74) is 3.74. The van der Waals surface area contributed by atoms with E-state index in [-0.39, 0.29) is 0 Å². The Bertz CT molecular complexity index is 1720. The van der Waals surface area contributed by atoms with E-state index in [1.54, 1.807) is 16.8 Å². The van der Waals surface area contributed by atoms with Gasteiger partial charge >= 0.3 is 6.18 Å². The molecule has 3 heterocycles. The number of rotatable bonds is 8. The number of hydrogen-bond donors (Lipinski definition) is 0. The number of hydrogen-bond acceptors (Lipinski definition) is 6. The molecule has 44 heavy (non-hydrogen) atoms. The molecular formula is C34H33F3N6O. The van der Waals surface area contributed by atoms with Crippen molar-refractivity contribution in [3.05, 3.63) is 125 Å². The van der Waals surface area contributed by atoms with Crippen molar-refractivity contribution < 1.29 is 17.6 Å². The fourth-order valence-corrected chi connectivity index (χ4v) is 5.74. The quantitative estimate of drug-likeness (QED) is 0.192. The number of halogens is 3. The Morgan fingerprint density at radius 3 is 2.32 bits per heavy atom. The highest BCUT2D eigenvalue weighted by molar-refractivity contribution is 5.59. The molecule has 1 fully saturated rings. The maximum Gasteiger partial charge on any atom is 0.416 e. The van der Waals surface area contributed by atoms with Crippen LogP contribution in [0.3, 0.4) is 0 Å². The number of piperazine rings is 1. The second kappa shape index (κ2) is 12.6. The molecule has 0 N–H and O–H groups in total. The van der Waals surface area contributed by atoms with Gasteiger partial charge in [-0.25, -0.2) is 0 Å². The van der Waals surface area contributed by atoms with Crippen molar-refractivity contribution in [3.63, 3.8) is 0 Å². The molecule has 7 nitrogen and oxygen atoms in total. The summed E-state index contributed by atoms with van der Waals surface area (Å²) >= 11 is 0. The van der Waals surface area contributed by atoms with E-state index in [9.17, 15) is 13.2 Å². The van der Waals surface area contributed by atoms with Gasteiger partial charge in [0.15, 0.2) is 5.82 Å². The molecule has 0 amide bonds. The molecule has 1 saturated heterocycles. The molecule has 6 rings (SSSR count). The molecule has 1 aliphatic heterocycles. The second-order valence-corrected chi connectivity index (χ2v) is 11.0. The molecule has 0 bridgehead atoms. The zero-order valence-corrected chi connectivity index (χ0v) is 24.6. The van der Waals surface area contributed by atoms with E-state index in [2.05, 4.69) is 49.6 Å². The molecule has 1 atom stereocenters. The average molecular weight is 599 g/mol. The lowest BCUT2D eigenvalue weighted by molar-refractivity contribution is -0.137. The Hall–Kier alpha value is -4.54. The molecule has 10 heteroatoms. The highest BCUT2D eigenvalue weighted by atomic mass is 19.4. The zero-order chi connectivity index (χ0) is 30.7. The first-order valence-corrected chi connectivity index (χ1v) is 14.6. The van der Waals surface area contributed by atoms with Crippen LogP contribution >= 0.6 is 0 Å². The monoisotopic (exact) mass is 598 g/mol. The third kappa shape index (κ3) is 6.36. The van der Waals surface area contributed by atoms with Crippen molar-refractivity contribution in [2.75, 3.05) is 32.7 Å². The van der Waals surface area contributed by atoms with Gasteiger partial charge in [0, 0.05) is 38.3 Å². The molecule has 0 unspecified atom stereocenters. The molecule has 226 valence electrons. The van der Waals surface area contributed by atoms with Gasteiger partial charge in [-0.3, -0.25) is 9.80 Å². The van der Waals surface area contributed by atoms with E-state index >= 15 is 0 Å². The first-order chi connectivity index (χ1) is 21.3. The van der Waals surface area contributed by atoms with Crippen LogP contribution in [0.1, 0.15) is 39.9 Å². The molecule has 3 aromatic carbocycles. The number of nitrogens with zero attached hydrogens (tertiary/aromatic N) is 6. The van der Waals surface area contributed by atoms with E-state index in [0.29, 0.717) is 22.9 Å². The number of benzene rings is 3. The third-order valence-electron chi connectivity index (χ3n) is 8.01. The lowest BCUT2D eigenvalue weighted by Crippen LogP contribution is -2.48. The minimum absolute atomic E-state index is 0.354. The van der Waals surface area contributed by atoms with Crippen LogP contribution in [0.2, 0.25) is 0 Å². The standard InChI is InChI=1S/C34H33F3N6O/c1-24-9-6-10-25(2)31(24)43-33(38-39-40-43)32(30-17-16-29(44-30)27-14-7-15-28(23-27)34(35,36)37)42-21-19-41(20-22-42)18-8-13-26-11-4-3-5-12-26/h3-17,23,32H,18-22H2,1-2H3/t32-/m1/s1. The highest BCUT2D eigenvalue weighted by Gasteiger charge is 2.34. The normalized spacial score (nSPS) is 15.7. The minimum atomic E-state index is -4.45. The summed E-state index contributed by atoms with van der Waals surface area (Å²) in [6, 6.07) is 24.5. The van der Waals surface area contributed by atoms with Gasteiger partial charge < -0.3 is 4.42 Å². The first kappa shape index (κ1) is 29.5. The van der Waals surface area contributed by atoms with Gasteiger partial charge in [-0.2, -0.15) is 17.9 Å². The summed E-state index contributed by atoms with van der Waals surface area (Å²) in [6.07, 6.45) is -0.138. The van der Waals surface area contributed by atoms with Gasteiger partial charge in [0.2, 0.25) is 0 Å². The van der Waals surface area contributed by atoms with Crippen molar-refractivity contribution in [3.8, 4) is 17.0 Å². The van der Waals surface area contributed by atoms with E-state index in [1.165, 1.54) is 11.6 Å². The van der Waals surface area contributed by atoms with E-state index in [1.807, 2.05) is 56.3 Å². The van der Waals surface area contributed by atoms with Crippen molar-refractivity contribution >= 4 is 6.08 Å². The van der Waals surface area contributed by atoms with Gasteiger partial charge in [0.1, 0.15) is 17.6 Å². The van der Waals surface area contributed by atoms with Crippen LogP contribution in [0.5, 0.6) is 0 Å². The number of tetrazole rings is 1. The van der Waals surface area contributed by atoms with Gasteiger partial charge in [-0.05, 0) is 65.2 Å². The smallest absolute Gasteiger partial charge is 0.416 e. The number of aryl methyl sites for hydroxylation is 2. The van der Waals surface area contributed by atoms with Crippen molar-refractivity contribution in [1.29, 1.82) is 0 Å². The topological polar surface area (TPSA) is 63.2 Å². The third-order valence-corrected chi connectivity index (χ3v) is 8.01. The Morgan fingerprint density at radius 2 is 1.59 bits per heavy atom. The predicted molar refractivity (Wildman–Crippen MR) is 163 cm³/mol. The van der Waals surface area contributed by atoms with Crippen LogP contribution in [-0.4, -0.2) is 62.7 Å². The van der Waals surface area contributed by atoms with Crippen molar-refractivity contribution in [2.45, 2.75) is 26.1 Å². The maximum absolute atomic E-state index is 13.4. The van der Waals surface area contributed by atoms with Gasteiger partial charge in [0.25, 0.3) is 0 Å².